The van der Waals surface area contributed by atoms with Crippen LogP contribution in [0.4, 0.5) is 5.69 Å². The molecule has 4 aromatic rings. The molecule has 0 spiro atoms. The van der Waals surface area contributed by atoms with Gasteiger partial charge in [0.15, 0.2) is 5.76 Å². The molecule has 4 rings (SSSR count). The molecule has 0 saturated carbocycles. The number of carbonyl (C=O) groups is 1. The fraction of sp³-hybridized carbons (Fsp3) is 0.0833. The second kappa shape index (κ2) is 9.26. The number of amides is 1. The summed E-state index contributed by atoms with van der Waals surface area (Å²) < 4.78 is 6.08. The SMILES string of the molecule is O=C(CCSc1nc(-c2ccccc2)c(-c2ccccc2)o1)Nc1ccccc1. The highest BCUT2D eigenvalue weighted by Gasteiger charge is 2.17. The van der Waals surface area contributed by atoms with E-state index >= 15 is 0 Å². The molecule has 0 unspecified atom stereocenters. The molecule has 5 heteroatoms. The van der Waals surface area contributed by atoms with Crippen LogP contribution in [0.5, 0.6) is 0 Å². The van der Waals surface area contributed by atoms with Crippen molar-refractivity contribution in [1.29, 1.82) is 0 Å². The maximum absolute atomic E-state index is 12.1. The molecule has 3 aromatic carbocycles. The Kier molecular flexibility index (Phi) is 6.07. The Hall–Kier alpha value is -3.31. The first-order valence-corrected chi connectivity index (χ1v) is 10.4. The quantitative estimate of drug-likeness (QED) is 0.379. The Morgan fingerprint density at radius 3 is 2.07 bits per heavy atom. The summed E-state index contributed by atoms with van der Waals surface area (Å²) in [5, 5.41) is 3.46. The second-order valence-corrected chi connectivity index (χ2v) is 7.45. The molecule has 0 aliphatic rings. The number of para-hydroxylation sites is 1. The second-order valence-electron chi connectivity index (χ2n) is 6.40. The molecule has 1 N–H and O–H groups in total. The van der Waals surface area contributed by atoms with Crippen LogP contribution in [0.2, 0.25) is 0 Å². The summed E-state index contributed by atoms with van der Waals surface area (Å²) in [5.74, 6) is 1.30. The predicted octanol–water partition coefficient (Wildman–Crippen LogP) is 6.13. The van der Waals surface area contributed by atoms with E-state index in [1.165, 1.54) is 11.8 Å². The van der Waals surface area contributed by atoms with Crippen LogP contribution in [0.3, 0.4) is 0 Å². The summed E-state index contributed by atoms with van der Waals surface area (Å²) in [5.41, 5.74) is 3.60. The number of anilines is 1. The van der Waals surface area contributed by atoms with Crippen molar-refractivity contribution in [3.63, 3.8) is 0 Å². The van der Waals surface area contributed by atoms with Crippen molar-refractivity contribution in [2.45, 2.75) is 11.6 Å². The van der Waals surface area contributed by atoms with E-state index in [9.17, 15) is 4.79 Å². The number of nitrogens with one attached hydrogen (secondary N) is 1. The summed E-state index contributed by atoms with van der Waals surface area (Å²) in [6, 6.07) is 29.4. The van der Waals surface area contributed by atoms with E-state index in [0.717, 1.165) is 28.3 Å². The van der Waals surface area contributed by atoms with E-state index in [1.54, 1.807) is 0 Å². The molecule has 0 aliphatic carbocycles. The average Bonchev–Trinajstić information content (AvgIpc) is 3.20. The predicted molar refractivity (Wildman–Crippen MR) is 118 cm³/mol. The van der Waals surface area contributed by atoms with Crippen LogP contribution in [-0.2, 0) is 4.79 Å². The molecule has 0 saturated heterocycles. The zero-order valence-electron chi connectivity index (χ0n) is 15.7. The molecule has 1 amide bonds. The van der Waals surface area contributed by atoms with Gasteiger partial charge in [-0.25, -0.2) is 4.98 Å². The third-order valence-corrected chi connectivity index (χ3v) is 5.13. The largest absolute Gasteiger partial charge is 0.431 e. The lowest BCUT2D eigenvalue weighted by Gasteiger charge is -2.03. The lowest BCUT2D eigenvalue weighted by molar-refractivity contribution is -0.115. The van der Waals surface area contributed by atoms with Crippen LogP contribution in [0.1, 0.15) is 6.42 Å². The number of benzene rings is 3. The summed E-state index contributed by atoms with van der Waals surface area (Å²) in [6.45, 7) is 0. The van der Waals surface area contributed by atoms with Gasteiger partial charge >= 0.3 is 0 Å². The van der Waals surface area contributed by atoms with Gasteiger partial charge in [-0.05, 0) is 12.1 Å². The highest BCUT2D eigenvalue weighted by Crippen LogP contribution is 2.35. The zero-order chi connectivity index (χ0) is 19.9. The van der Waals surface area contributed by atoms with Crippen molar-refractivity contribution in [2.24, 2.45) is 0 Å². The van der Waals surface area contributed by atoms with Crippen molar-refractivity contribution in [1.82, 2.24) is 4.98 Å². The van der Waals surface area contributed by atoms with E-state index in [1.807, 2.05) is 91.0 Å². The third kappa shape index (κ3) is 4.95. The Bertz CT molecular complexity index is 1010. The highest BCUT2D eigenvalue weighted by molar-refractivity contribution is 7.99. The van der Waals surface area contributed by atoms with E-state index in [4.69, 9.17) is 9.40 Å². The first-order chi connectivity index (χ1) is 14.3. The monoisotopic (exact) mass is 400 g/mol. The Balaban J connectivity index is 1.47. The van der Waals surface area contributed by atoms with Gasteiger partial charge in [-0.3, -0.25) is 4.79 Å². The van der Waals surface area contributed by atoms with Gasteiger partial charge in [-0.1, -0.05) is 90.6 Å². The highest BCUT2D eigenvalue weighted by atomic mass is 32.2. The number of hydrogen-bond acceptors (Lipinski definition) is 4. The minimum atomic E-state index is -0.0261. The van der Waals surface area contributed by atoms with Crippen molar-refractivity contribution < 1.29 is 9.21 Å². The molecular formula is C24H20N2O2S. The number of hydrogen-bond donors (Lipinski definition) is 1. The Morgan fingerprint density at radius 1 is 0.828 bits per heavy atom. The molecule has 1 heterocycles. The van der Waals surface area contributed by atoms with Crippen molar-refractivity contribution in [3.8, 4) is 22.6 Å². The standard InChI is InChI=1S/C24H20N2O2S/c27-21(25-20-14-8-3-9-15-20)16-17-29-24-26-22(18-10-4-1-5-11-18)23(28-24)19-12-6-2-7-13-19/h1-15H,16-17H2,(H,25,27). The van der Waals surface area contributed by atoms with Crippen LogP contribution < -0.4 is 5.32 Å². The molecule has 0 fully saturated rings. The first-order valence-electron chi connectivity index (χ1n) is 9.39. The summed E-state index contributed by atoms with van der Waals surface area (Å²) in [4.78, 5) is 16.8. The fourth-order valence-corrected chi connectivity index (χ4v) is 3.68. The molecule has 0 aliphatic heterocycles. The van der Waals surface area contributed by atoms with Gasteiger partial charge in [0.25, 0.3) is 5.22 Å². The molecule has 0 atom stereocenters. The van der Waals surface area contributed by atoms with Gasteiger partial charge < -0.3 is 9.73 Å². The van der Waals surface area contributed by atoms with Crippen LogP contribution in [0.15, 0.2) is 101 Å². The van der Waals surface area contributed by atoms with Gasteiger partial charge in [0, 0.05) is 29.0 Å². The Labute approximate surface area is 174 Å². The first kappa shape index (κ1) is 19.0. The van der Waals surface area contributed by atoms with E-state index in [0.29, 0.717) is 17.4 Å². The molecular weight excluding hydrogens is 380 g/mol. The van der Waals surface area contributed by atoms with Crippen molar-refractivity contribution >= 4 is 23.4 Å². The van der Waals surface area contributed by atoms with E-state index in [2.05, 4.69) is 5.32 Å². The lowest BCUT2D eigenvalue weighted by Crippen LogP contribution is -2.11. The number of rotatable bonds is 7. The maximum Gasteiger partial charge on any atom is 0.256 e. The van der Waals surface area contributed by atoms with Crippen LogP contribution >= 0.6 is 11.8 Å². The van der Waals surface area contributed by atoms with Crippen molar-refractivity contribution in [2.75, 3.05) is 11.1 Å². The Morgan fingerprint density at radius 2 is 1.41 bits per heavy atom. The normalized spacial score (nSPS) is 10.6. The zero-order valence-corrected chi connectivity index (χ0v) is 16.6. The minimum absolute atomic E-state index is 0.0261. The summed E-state index contributed by atoms with van der Waals surface area (Å²) in [6.07, 6.45) is 0.378. The number of aromatic nitrogens is 1. The van der Waals surface area contributed by atoms with Crippen LogP contribution in [-0.4, -0.2) is 16.6 Å². The smallest absolute Gasteiger partial charge is 0.256 e. The number of thioether (sulfide) groups is 1. The van der Waals surface area contributed by atoms with Crippen LogP contribution in [0.25, 0.3) is 22.6 Å². The van der Waals surface area contributed by atoms with Gasteiger partial charge in [-0.2, -0.15) is 0 Å². The van der Waals surface area contributed by atoms with Gasteiger partial charge in [0.1, 0.15) is 5.69 Å². The van der Waals surface area contributed by atoms with E-state index < -0.39 is 0 Å². The fourth-order valence-electron chi connectivity index (χ4n) is 2.92. The molecule has 1 aromatic heterocycles. The molecule has 144 valence electrons. The molecule has 0 bridgehead atoms. The molecule has 29 heavy (non-hydrogen) atoms. The number of nitrogens with zero attached hydrogens (tertiary/aromatic N) is 1. The van der Waals surface area contributed by atoms with Gasteiger partial charge in [0.2, 0.25) is 5.91 Å². The van der Waals surface area contributed by atoms with Gasteiger partial charge in [-0.15, -0.1) is 0 Å². The van der Waals surface area contributed by atoms with E-state index in [-0.39, 0.29) is 5.91 Å². The topological polar surface area (TPSA) is 55.1 Å². The summed E-state index contributed by atoms with van der Waals surface area (Å²) in [7, 11) is 0. The minimum Gasteiger partial charge on any atom is -0.431 e. The number of oxazole rings is 1. The summed E-state index contributed by atoms with van der Waals surface area (Å²) >= 11 is 1.45. The van der Waals surface area contributed by atoms with Crippen molar-refractivity contribution in [3.05, 3.63) is 91.0 Å². The average molecular weight is 401 g/mol. The molecule has 0 radical (unpaired) electrons. The van der Waals surface area contributed by atoms with Crippen LogP contribution in [0, 0.1) is 0 Å². The van der Waals surface area contributed by atoms with Gasteiger partial charge in [0.05, 0.1) is 0 Å². The molecule has 4 nitrogen and oxygen atoms in total. The lowest BCUT2D eigenvalue weighted by atomic mass is 10.1. The maximum atomic E-state index is 12.1. The third-order valence-electron chi connectivity index (χ3n) is 4.30. The number of carbonyl (C=O) groups excluding carboxylic acids is 1.